The Morgan fingerprint density at radius 3 is 1.24 bits per heavy atom. The first-order chi connectivity index (χ1) is 30.2. The molecule has 62 heavy (non-hydrogen) atoms. The molecule has 1 aliphatic rings. The average Bonchev–Trinajstić information content (AvgIpc) is 3.31. The summed E-state index contributed by atoms with van der Waals surface area (Å²) in [5.74, 6) is 0.758. The zero-order valence-corrected chi connectivity index (χ0v) is 37.7. The summed E-state index contributed by atoms with van der Waals surface area (Å²) in [6.45, 7) is 11.9. The van der Waals surface area contributed by atoms with Gasteiger partial charge in [-0.05, 0) is 78.0 Å². The van der Waals surface area contributed by atoms with Crippen molar-refractivity contribution in [2.75, 3.05) is 0 Å². The highest BCUT2D eigenvalue weighted by Gasteiger charge is 2.39. The molecule has 0 bridgehead atoms. The molecule has 2 nitrogen and oxygen atoms in total. The molecule has 0 spiro atoms. The van der Waals surface area contributed by atoms with Gasteiger partial charge in [-0.15, -0.1) is 0 Å². The first-order valence-electron chi connectivity index (χ1n) is 21.5. The molecule has 0 N–H and O–H groups in total. The summed E-state index contributed by atoms with van der Waals surface area (Å²) >= 11 is 1.89. The quantitative estimate of drug-likeness (QED) is 0.150. The standard InChI is InChI=1S/C58H48N2SSi/c1-58(2,3)44-35-36-48-56(61-46-33-21-22-34-47(46)62(48,4)5)54(44)57-59-38-37-45(60-57)55-52(42-29-17-9-18-30-42)50(40-25-13-7-14-26-40)49(39-23-11-6-12-24-39)51(41-27-15-8-16-28-41)53(55)43-31-19-10-20-32-43/h6-38H,1-5H3. The van der Waals surface area contributed by atoms with Crippen LogP contribution in [0.3, 0.4) is 0 Å². The molecule has 2 heterocycles. The SMILES string of the molecule is CC(C)(C)c1ccc2c(c1-c1nccc(-c3c(-c4ccccc4)c(-c4ccccc4)c(-c4ccccc4)c(-c4ccccc4)c3-c3ccccc3)n1)Sc1ccccc1[Si]2(C)C. The van der Waals surface area contributed by atoms with Crippen molar-refractivity contribution in [2.45, 2.75) is 49.1 Å². The van der Waals surface area contributed by atoms with Crippen LogP contribution in [0.5, 0.6) is 0 Å². The summed E-state index contributed by atoms with van der Waals surface area (Å²) in [5.41, 5.74) is 15.7. The van der Waals surface area contributed by atoms with E-state index in [9.17, 15) is 0 Å². The molecule has 0 atom stereocenters. The first-order valence-corrected chi connectivity index (χ1v) is 25.3. The van der Waals surface area contributed by atoms with Crippen molar-refractivity contribution in [3.8, 4) is 78.3 Å². The van der Waals surface area contributed by atoms with Gasteiger partial charge in [0.2, 0.25) is 0 Å². The Morgan fingerprint density at radius 2 is 0.806 bits per heavy atom. The average molecular weight is 833 g/mol. The number of aromatic nitrogens is 2. The number of benzene rings is 8. The van der Waals surface area contributed by atoms with Crippen LogP contribution in [0.4, 0.5) is 0 Å². The van der Waals surface area contributed by atoms with E-state index in [-0.39, 0.29) is 5.41 Å². The van der Waals surface area contributed by atoms with E-state index in [1.165, 1.54) is 42.4 Å². The molecule has 8 aromatic carbocycles. The van der Waals surface area contributed by atoms with Gasteiger partial charge in [0.05, 0.1) is 5.69 Å². The molecular weight excluding hydrogens is 785 g/mol. The maximum absolute atomic E-state index is 5.83. The van der Waals surface area contributed by atoms with Gasteiger partial charge in [0.1, 0.15) is 8.07 Å². The van der Waals surface area contributed by atoms with Gasteiger partial charge < -0.3 is 0 Å². The predicted octanol–water partition coefficient (Wildman–Crippen LogP) is 14.7. The number of rotatable bonds is 7. The van der Waals surface area contributed by atoms with E-state index in [2.05, 4.69) is 228 Å². The molecule has 300 valence electrons. The van der Waals surface area contributed by atoms with Crippen molar-refractivity contribution in [3.63, 3.8) is 0 Å². The first kappa shape index (κ1) is 39.5. The summed E-state index contributed by atoms with van der Waals surface area (Å²) < 4.78 is 0. The fourth-order valence-corrected chi connectivity index (χ4v) is 15.0. The van der Waals surface area contributed by atoms with E-state index in [0.717, 1.165) is 61.6 Å². The van der Waals surface area contributed by atoms with E-state index in [1.807, 2.05) is 18.0 Å². The fraction of sp³-hybridized carbons (Fsp3) is 0.103. The van der Waals surface area contributed by atoms with E-state index in [1.54, 1.807) is 0 Å². The molecule has 0 amide bonds. The van der Waals surface area contributed by atoms with Crippen LogP contribution in [-0.2, 0) is 5.41 Å². The maximum atomic E-state index is 5.83. The van der Waals surface area contributed by atoms with Crippen LogP contribution in [0.25, 0.3) is 78.3 Å². The molecule has 0 radical (unpaired) electrons. The zero-order valence-electron chi connectivity index (χ0n) is 35.9. The van der Waals surface area contributed by atoms with E-state index < -0.39 is 8.07 Å². The molecule has 0 unspecified atom stereocenters. The van der Waals surface area contributed by atoms with Crippen molar-refractivity contribution in [1.29, 1.82) is 0 Å². The minimum Gasteiger partial charge on any atom is -0.236 e. The van der Waals surface area contributed by atoms with Crippen molar-refractivity contribution in [2.24, 2.45) is 0 Å². The predicted molar refractivity (Wildman–Crippen MR) is 266 cm³/mol. The van der Waals surface area contributed by atoms with Gasteiger partial charge >= 0.3 is 0 Å². The van der Waals surface area contributed by atoms with Crippen LogP contribution in [0.2, 0.25) is 13.1 Å². The second-order valence-corrected chi connectivity index (χ2v) is 23.1. The summed E-state index contributed by atoms with van der Waals surface area (Å²) in [4.78, 5) is 13.7. The molecule has 1 aliphatic heterocycles. The van der Waals surface area contributed by atoms with Crippen molar-refractivity contribution in [1.82, 2.24) is 9.97 Å². The van der Waals surface area contributed by atoms with E-state index >= 15 is 0 Å². The highest BCUT2D eigenvalue weighted by molar-refractivity contribution is 8.00. The highest BCUT2D eigenvalue weighted by Crippen LogP contribution is 2.56. The molecule has 10 rings (SSSR count). The molecule has 4 heteroatoms. The van der Waals surface area contributed by atoms with Gasteiger partial charge in [0.25, 0.3) is 0 Å². The van der Waals surface area contributed by atoms with Crippen LogP contribution in [0, 0.1) is 0 Å². The Hall–Kier alpha value is -6.59. The van der Waals surface area contributed by atoms with Gasteiger partial charge in [-0.2, -0.15) is 0 Å². The lowest BCUT2D eigenvalue weighted by Gasteiger charge is -2.36. The third kappa shape index (κ3) is 6.94. The minimum atomic E-state index is -2.07. The second-order valence-electron chi connectivity index (χ2n) is 17.7. The van der Waals surface area contributed by atoms with Crippen LogP contribution in [0.15, 0.2) is 210 Å². The monoisotopic (exact) mass is 832 g/mol. The van der Waals surface area contributed by atoms with Crippen molar-refractivity contribution >= 4 is 30.2 Å². The maximum Gasteiger partial charge on any atom is 0.161 e. The van der Waals surface area contributed by atoms with Crippen molar-refractivity contribution < 1.29 is 0 Å². The van der Waals surface area contributed by atoms with Crippen LogP contribution >= 0.6 is 11.8 Å². The third-order valence-electron chi connectivity index (χ3n) is 12.4. The lowest BCUT2D eigenvalue weighted by molar-refractivity contribution is 0.590. The lowest BCUT2D eigenvalue weighted by atomic mass is 9.75. The van der Waals surface area contributed by atoms with Gasteiger partial charge in [-0.3, -0.25) is 0 Å². The number of hydrogen-bond donors (Lipinski definition) is 0. The molecule has 0 saturated carbocycles. The largest absolute Gasteiger partial charge is 0.236 e. The van der Waals surface area contributed by atoms with Gasteiger partial charge in [-0.1, -0.05) is 228 Å². The topological polar surface area (TPSA) is 25.8 Å². The van der Waals surface area contributed by atoms with Crippen LogP contribution in [0.1, 0.15) is 26.3 Å². The highest BCUT2D eigenvalue weighted by atomic mass is 32.2. The normalized spacial score (nSPS) is 13.0. The Morgan fingerprint density at radius 1 is 0.403 bits per heavy atom. The van der Waals surface area contributed by atoms with Gasteiger partial charge in [-0.25, -0.2) is 9.97 Å². The number of hydrogen-bond acceptors (Lipinski definition) is 3. The van der Waals surface area contributed by atoms with Crippen LogP contribution < -0.4 is 10.4 Å². The Bertz CT molecular complexity index is 2960. The molecule has 0 aliphatic carbocycles. The van der Waals surface area contributed by atoms with Gasteiger partial charge in [0, 0.05) is 38.2 Å². The minimum absolute atomic E-state index is 0.157. The Balaban J connectivity index is 1.39. The van der Waals surface area contributed by atoms with E-state index in [4.69, 9.17) is 9.97 Å². The smallest absolute Gasteiger partial charge is 0.161 e. The van der Waals surface area contributed by atoms with Crippen molar-refractivity contribution in [3.05, 3.63) is 206 Å². The Labute approximate surface area is 371 Å². The third-order valence-corrected chi connectivity index (χ3v) is 17.5. The van der Waals surface area contributed by atoms with Gasteiger partial charge in [0.15, 0.2) is 5.82 Å². The summed E-state index contributed by atoms with van der Waals surface area (Å²) in [6, 6.07) is 70.6. The summed E-state index contributed by atoms with van der Waals surface area (Å²) in [6.07, 6.45) is 1.99. The lowest BCUT2D eigenvalue weighted by Crippen LogP contribution is -2.56. The molecule has 9 aromatic rings. The van der Waals surface area contributed by atoms with Crippen LogP contribution in [-0.4, -0.2) is 18.0 Å². The fourth-order valence-electron chi connectivity index (χ4n) is 9.45. The summed E-state index contributed by atoms with van der Waals surface area (Å²) in [7, 11) is -2.07. The zero-order chi connectivity index (χ0) is 42.4. The second kappa shape index (κ2) is 16.0. The molecule has 0 saturated heterocycles. The molecule has 0 fully saturated rings. The molecular formula is C58H48N2SSi. The van der Waals surface area contributed by atoms with E-state index in [0.29, 0.717) is 0 Å². The number of nitrogens with zero attached hydrogens (tertiary/aromatic N) is 2. The number of fused-ring (bicyclic) bond motifs is 2. The molecule has 1 aromatic heterocycles. The summed E-state index contributed by atoms with van der Waals surface area (Å²) in [5, 5.41) is 2.93. The Kier molecular flexibility index (Phi) is 10.2.